The van der Waals surface area contributed by atoms with Gasteiger partial charge in [0.1, 0.15) is 11.6 Å². The Labute approximate surface area is 172 Å². The van der Waals surface area contributed by atoms with Gasteiger partial charge in [0.05, 0.1) is 0 Å². The molecule has 1 unspecified atom stereocenters. The number of nitrogens with one attached hydrogen (secondary N) is 1. The normalized spacial score (nSPS) is 18.7. The lowest BCUT2D eigenvalue weighted by Crippen LogP contribution is -2.50. The van der Waals surface area contributed by atoms with Gasteiger partial charge in [-0.1, -0.05) is 48.5 Å². The fraction of sp³-hybridized carbons (Fsp3) is 0.417. The SMILES string of the molecule is CC(C)(C)OC(=O)N1CCc2ccccc2C1C(=O)NC1Cc2ccccc2C1. The maximum Gasteiger partial charge on any atom is 0.411 e. The van der Waals surface area contributed by atoms with Crippen LogP contribution in [0.2, 0.25) is 0 Å². The molecule has 1 heterocycles. The Bertz CT molecular complexity index is 907. The van der Waals surface area contributed by atoms with E-state index in [9.17, 15) is 9.59 Å². The van der Waals surface area contributed by atoms with Gasteiger partial charge in [0.15, 0.2) is 0 Å². The Kier molecular flexibility index (Phi) is 5.07. The van der Waals surface area contributed by atoms with Gasteiger partial charge in [-0.05, 0) is 62.3 Å². The first-order valence-corrected chi connectivity index (χ1v) is 10.3. The van der Waals surface area contributed by atoms with Crippen molar-refractivity contribution in [2.75, 3.05) is 6.54 Å². The van der Waals surface area contributed by atoms with Crippen molar-refractivity contribution in [2.24, 2.45) is 0 Å². The Morgan fingerprint density at radius 3 is 2.17 bits per heavy atom. The van der Waals surface area contributed by atoms with Crippen LogP contribution in [0.3, 0.4) is 0 Å². The first-order valence-electron chi connectivity index (χ1n) is 10.3. The molecule has 2 aliphatic rings. The van der Waals surface area contributed by atoms with Crippen LogP contribution < -0.4 is 5.32 Å². The molecule has 29 heavy (non-hydrogen) atoms. The topological polar surface area (TPSA) is 58.6 Å². The number of nitrogens with zero attached hydrogens (tertiary/aromatic N) is 1. The number of hydrogen-bond acceptors (Lipinski definition) is 3. The molecule has 2 amide bonds. The molecule has 0 saturated heterocycles. The third-order valence-corrected chi connectivity index (χ3v) is 5.56. The van der Waals surface area contributed by atoms with Crippen molar-refractivity contribution in [1.29, 1.82) is 0 Å². The zero-order valence-electron chi connectivity index (χ0n) is 17.3. The molecule has 152 valence electrons. The zero-order chi connectivity index (χ0) is 20.6. The summed E-state index contributed by atoms with van der Waals surface area (Å²) in [7, 11) is 0. The summed E-state index contributed by atoms with van der Waals surface area (Å²) >= 11 is 0. The van der Waals surface area contributed by atoms with Crippen molar-refractivity contribution in [3.63, 3.8) is 0 Å². The third kappa shape index (κ3) is 4.14. The summed E-state index contributed by atoms with van der Waals surface area (Å²) in [4.78, 5) is 27.8. The van der Waals surface area contributed by atoms with E-state index in [4.69, 9.17) is 4.74 Å². The van der Waals surface area contributed by atoms with Crippen molar-refractivity contribution < 1.29 is 14.3 Å². The number of rotatable bonds is 2. The average molecular weight is 392 g/mol. The highest BCUT2D eigenvalue weighted by Crippen LogP contribution is 2.32. The van der Waals surface area contributed by atoms with E-state index in [-0.39, 0.29) is 11.9 Å². The van der Waals surface area contributed by atoms with Gasteiger partial charge in [0, 0.05) is 12.6 Å². The molecule has 5 nitrogen and oxygen atoms in total. The Balaban J connectivity index is 1.57. The van der Waals surface area contributed by atoms with Crippen LogP contribution in [0.25, 0.3) is 0 Å². The predicted octanol–water partition coefficient (Wildman–Crippen LogP) is 3.80. The number of carbonyl (C=O) groups is 2. The van der Waals surface area contributed by atoms with Crippen LogP contribution in [-0.2, 0) is 28.8 Å². The lowest BCUT2D eigenvalue weighted by molar-refractivity contribution is -0.127. The van der Waals surface area contributed by atoms with E-state index in [2.05, 4.69) is 17.4 Å². The summed E-state index contributed by atoms with van der Waals surface area (Å²) in [5.74, 6) is -0.138. The fourth-order valence-corrected chi connectivity index (χ4v) is 4.31. The Hall–Kier alpha value is -2.82. The molecular weight excluding hydrogens is 364 g/mol. The summed E-state index contributed by atoms with van der Waals surface area (Å²) < 4.78 is 5.60. The Morgan fingerprint density at radius 2 is 1.55 bits per heavy atom. The summed E-state index contributed by atoms with van der Waals surface area (Å²) in [6, 6.07) is 15.6. The van der Waals surface area contributed by atoms with E-state index in [1.807, 2.05) is 57.2 Å². The number of fused-ring (bicyclic) bond motifs is 2. The largest absolute Gasteiger partial charge is 0.444 e. The molecule has 1 N–H and O–H groups in total. The molecule has 0 fully saturated rings. The maximum atomic E-state index is 13.4. The number of carbonyl (C=O) groups excluding carboxylic acids is 2. The first kappa shape index (κ1) is 19.5. The minimum absolute atomic E-state index is 0.0504. The van der Waals surface area contributed by atoms with Gasteiger partial charge < -0.3 is 10.1 Å². The first-order chi connectivity index (χ1) is 13.8. The van der Waals surface area contributed by atoms with Crippen molar-refractivity contribution >= 4 is 12.0 Å². The second-order valence-electron chi connectivity index (χ2n) is 8.91. The molecule has 1 aliphatic carbocycles. The number of hydrogen-bond donors (Lipinski definition) is 1. The quantitative estimate of drug-likeness (QED) is 0.846. The van der Waals surface area contributed by atoms with Crippen molar-refractivity contribution in [2.45, 2.75) is 57.7 Å². The molecular formula is C24H28N2O3. The van der Waals surface area contributed by atoms with Gasteiger partial charge in [0.2, 0.25) is 5.91 Å². The smallest absolute Gasteiger partial charge is 0.411 e. The standard InChI is InChI=1S/C24H28N2O3/c1-24(2,3)29-23(28)26-13-12-16-8-6-7-11-20(16)21(26)22(27)25-19-14-17-9-4-5-10-18(17)15-19/h4-11,19,21H,12-15H2,1-3H3,(H,25,27). The second-order valence-corrected chi connectivity index (χ2v) is 8.91. The van der Waals surface area contributed by atoms with E-state index >= 15 is 0 Å². The molecule has 0 aromatic heterocycles. The maximum absolute atomic E-state index is 13.4. The van der Waals surface area contributed by atoms with E-state index < -0.39 is 17.7 Å². The van der Waals surface area contributed by atoms with Gasteiger partial charge in [-0.2, -0.15) is 0 Å². The van der Waals surface area contributed by atoms with Crippen LogP contribution >= 0.6 is 0 Å². The molecule has 0 spiro atoms. The van der Waals surface area contributed by atoms with Crippen molar-refractivity contribution in [3.8, 4) is 0 Å². The van der Waals surface area contributed by atoms with Gasteiger partial charge in [-0.3, -0.25) is 9.69 Å². The van der Waals surface area contributed by atoms with Crippen LogP contribution in [0, 0.1) is 0 Å². The fourth-order valence-electron chi connectivity index (χ4n) is 4.31. The molecule has 0 radical (unpaired) electrons. The second kappa shape index (κ2) is 7.54. The molecule has 1 aliphatic heterocycles. The van der Waals surface area contributed by atoms with Crippen LogP contribution in [0.15, 0.2) is 48.5 Å². The molecule has 0 saturated carbocycles. The minimum atomic E-state index is -0.668. The molecule has 5 heteroatoms. The number of benzene rings is 2. The third-order valence-electron chi connectivity index (χ3n) is 5.56. The van der Waals surface area contributed by atoms with E-state index in [1.54, 1.807) is 4.90 Å². The number of amides is 2. The van der Waals surface area contributed by atoms with Gasteiger partial charge in [-0.25, -0.2) is 4.79 Å². The highest BCUT2D eigenvalue weighted by atomic mass is 16.6. The number of ether oxygens (including phenoxy) is 1. The predicted molar refractivity (Wildman–Crippen MR) is 112 cm³/mol. The summed E-state index contributed by atoms with van der Waals surface area (Å²) in [5, 5.41) is 3.20. The van der Waals surface area contributed by atoms with Gasteiger partial charge in [0.25, 0.3) is 0 Å². The molecule has 2 aromatic carbocycles. The molecule has 1 atom stereocenters. The average Bonchev–Trinajstić information content (AvgIpc) is 3.07. The van der Waals surface area contributed by atoms with Crippen LogP contribution in [0.4, 0.5) is 4.79 Å². The van der Waals surface area contributed by atoms with Crippen LogP contribution in [0.5, 0.6) is 0 Å². The monoisotopic (exact) mass is 392 g/mol. The summed E-state index contributed by atoms with van der Waals surface area (Å²) in [6.07, 6.45) is 1.92. The lowest BCUT2D eigenvalue weighted by atomic mass is 9.92. The molecule has 4 rings (SSSR count). The lowest BCUT2D eigenvalue weighted by Gasteiger charge is -2.37. The van der Waals surface area contributed by atoms with E-state index in [1.165, 1.54) is 11.1 Å². The summed E-state index contributed by atoms with van der Waals surface area (Å²) in [5.41, 5.74) is 3.96. The highest BCUT2D eigenvalue weighted by molar-refractivity contribution is 5.88. The van der Waals surface area contributed by atoms with E-state index in [0.717, 1.165) is 24.0 Å². The van der Waals surface area contributed by atoms with Crippen LogP contribution in [0.1, 0.15) is 49.1 Å². The molecule has 0 bridgehead atoms. The Morgan fingerprint density at radius 1 is 0.966 bits per heavy atom. The zero-order valence-corrected chi connectivity index (χ0v) is 17.3. The minimum Gasteiger partial charge on any atom is -0.444 e. The molecule has 2 aromatic rings. The van der Waals surface area contributed by atoms with Crippen molar-refractivity contribution in [3.05, 3.63) is 70.8 Å². The van der Waals surface area contributed by atoms with Crippen molar-refractivity contribution in [1.82, 2.24) is 10.2 Å². The van der Waals surface area contributed by atoms with E-state index in [0.29, 0.717) is 13.0 Å². The highest BCUT2D eigenvalue weighted by Gasteiger charge is 2.39. The van der Waals surface area contributed by atoms with Gasteiger partial charge in [-0.15, -0.1) is 0 Å². The van der Waals surface area contributed by atoms with Crippen LogP contribution in [-0.4, -0.2) is 35.1 Å². The summed E-state index contributed by atoms with van der Waals surface area (Å²) in [6.45, 7) is 5.99. The van der Waals surface area contributed by atoms with Gasteiger partial charge >= 0.3 is 6.09 Å².